The molecule has 5 nitrogen and oxygen atoms in total. The molecule has 0 saturated carbocycles. The Morgan fingerprint density at radius 3 is 2.67 bits per heavy atom. The zero-order valence-corrected chi connectivity index (χ0v) is 13.8. The van der Waals surface area contributed by atoms with Gasteiger partial charge in [0.05, 0.1) is 5.69 Å². The van der Waals surface area contributed by atoms with E-state index in [1.807, 2.05) is 0 Å². The number of carboxylic acids is 1. The van der Waals surface area contributed by atoms with Crippen LogP contribution in [0.2, 0.25) is 0 Å². The van der Waals surface area contributed by atoms with E-state index in [1.54, 1.807) is 0 Å². The number of rotatable bonds is 4. The van der Waals surface area contributed by atoms with Crippen LogP contribution in [0.4, 0.5) is 10.1 Å². The van der Waals surface area contributed by atoms with Crippen LogP contribution >= 0.6 is 27.3 Å². The van der Waals surface area contributed by atoms with Crippen LogP contribution in [0, 0.1) is 12.7 Å². The predicted octanol–water partition coefficient (Wildman–Crippen LogP) is 3.46. The molecule has 0 bridgehead atoms. The van der Waals surface area contributed by atoms with E-state index >= 15 is 0 Å². The fourth-order valence-corrected chi connectivity index (χ4v) is 4.99. The van der Waals surface area contributed by atoms with Gasteiger partial charge in [-0.1, -0.05) is 6.07 Å². The van der Waals surface area contributed by atoms with E-state index in [9.17, 15) is 17.6 Å². The third-order valence-corrected chi connectivity index (χ3v) is 5.99. The van der Waals surface area contributed by atoms with Crippen molar-refractivity contribution in [2.75, 3.05) is 4.72 Å². The molecule has 9 heteroatoms. The summed E-state index contributed by atoms with van der Waals surface area (Å²) in [4.78, 5) is 10.4. The van der Waals surface area contributed by atoms with Crippen molar-refractivity contribution in [2.45, 2.75) is 11.8 Å². The van der Waals surface area contributed by atoms with Crippen LogP contribution in [0.1, 0.15) is 15.2 Å². The van der Waals surface area contributed by atoms with E-state index in [4.69, 9.17) is 5.11 Å². The Labute approximate surface area is 132 Å². The number of aromatic carboxylic acids is 1. The molecular weight excluding hydrogens is 385 g/mol. The maximum atomic E-state index is 13.7. The summed E-state index contributed by atoms with van der Waals surface area (Å²) in [5.41, 5.74) is 0.0248. The summed E-state index contributed by atoms with van der Waals surface area (Å²) in [6, 6.07) is 3.98. The minimum Gasteiger partial charge on any atom is -0.477 e. The van der Waals surface area contributed by atoms with Gasteiger partial charge < -0.3 is 5.11 Å². The van der Waals surface area contributed by atoms with Crippen LogP contribution in [-0.4, -0.2) is 19.5 Å². The first kappa shape index (κ1) is 15.9. The van der Waals surface area contributed by atoms with Gasteiger partial charge in [-0.05, 0) is 45.9 Å². The molecule has 1 aromatic heterocycles. The number of benzene rings is 1. The van der Waals surface area contributed by atoms with Gasteiger partial charge in [0.2, 0.25) is 0 Å². The first-order valence-corrected chi connectivity index (χ1v) is 8.68. The second kappa shape index (κ2) is 5.74. The highest BCUT2D eigenvalue weighted by atomic mass is 79.9. The van der Waals surface area contributed by atoms with Gasteiger partial charge in [-0.3, -0.25) is 4.72 Å². The second-order valence-corrected chi connectivity index (χ2v) is 7.44. The van der Waals surface area contributed by atoms with E-state index in [-0.39, 0.29) is 25.5 Å². The minimum absolute atomic E-state index is 0.218. The van der Waals surface area contributed by atoms with Gasteiger partial charge in [-0.15, -0.1) is 11.3 Å². The quantitative estimate of drug-likeness (QED) is 0.832. The van der Waals surface area contributed by atoms with Crippen molar-refractivity contribution in [2.24, 2.45) is 0 Å². The number of thiophene rings is 1. The first-order chi connectivity index (χ1) is 9.74. The normalized spacial score (nSPS) is 11.4. The molecule has 21 heavy (non-hydrogen) atoms. The summed E-state index contributed by atoms with van der Waals surface area (Å²) in [6.45, 7) is 1.48. The smallest absolute Gasteiger partial charge is 0.347 e. The van der Waals surface area contributed by atoms with Crippen LogP contribution < -0.4 is 4.72 Å². The summed E-state index contributed by atoms with van der Waals surface area (Å²) >= 11 is 3.85. The molecular formula is C12H9BrFNO4S2. The van der Waals surface area contributed by atoms with E-state index in [0.717, 1.165) is 17.4 Å². The van der Waals surface area contributed by atoms with Gasteiger partial charge in [0, 0.05) is 4.47 Å². The number of carboxylic acid groups (broad SMARTS) is 1. The monoisotopic (exact) mass is 393 g/mol. The lowest BCUT2D eigenvalue weighted by Crippen LogP contribution is -2.17. The number of hydrogen-bond donors (Lipinski definition) is 2. The highest BCUT2D eigenvalue weighted by Crippen LogP contribution is 2.32. The van der Waals surface area contributed by atoms with Crippen molar-refractivity contribution < 1.29 is 22.7 Å². The fourth-order valence-electron chi connectivity index (χ4n) is 1.70. The Morgan fingerprint density at radius 2 is 2.10 bits per heavy atom. The number of anilines is 1. The summed E-state index contributed by atoms with van der Waals surface area (Å²) in [6.07, 6.45) is 0. The van der Waals surface area contributed by atoms with Gasteiger partial charge in [0.1, 0.15) is 15.6 Å². The lowest BCUT2D eigenvalue weighted by molar-refractivity contribution is 0.0698. The Balaban J connectivity index is 2.54. The fraction of sp³-hybridized carbons (Fsp3) is 0.0833. The lowest BCUT2D eigenvalue weighted by Gasteiger charge is -2.11. The Kier molecular flexibility index (Phi) is 4.35. The molecule has 0 atom stereocenters. The van der Waals surface area contributed by atoms with Crippen LogP contribution in [-0.2, 0) is 10.0 Å². The molecule has 2 rings (SSSR count). The number of nitrogens with one attached hydrogen (secondary N) is 1. The number of sulfonamides is 1. The standard InChI is InChI=1S/C12H9BrFNO4S2/c1-6-5-20-10(12(16)17)11(6)21(18,19)15-9-7(13)3-2-4-8(9)14/h2-5,15H,1H3,(H,16,17). The number of carbonyl (C=O) groups is 1. The molecule has 0 unspecified atom stereocenters. The van der Waals surface area contributed by atoms with Crippen molar-refractivity contribution in [3.8, 4) is 0 Å². The van der Waals surface area contributed by atoms with Crippen molar-refractivity contribution in [1.29, 1.82) is 0 Å². The van der Waals surface area contributed by atoms with Gasteiger partial charge in [-0.25, -0.2) is 17.6 Å². The Morgan fingerprint density at radius 1 is 1.43 bits per heavy atom. The summed E-state index contributed by atoms with van der Waals surface area (Å²) in [7, 11) is -4.21. The average Bonchev–Trinajstić information content (AvgIpc) is 2.77. The summed E-state index contributed by atoms with van der Waals surface area (Å²) < 4.78 is 40.7. The lowest BCUT2D eigenvalue weighted by atomic mass is 10.3. The molecule has 0 saturated heterocycles. The van der Waals surface area contributed by atoms with Gasteiger partial charge in [0.15, 0.2) is 0 Å². The molecule has 0 radical (unpaired) electrons. The molecule has 0 aliphatic heterocycles. The molecule has 0 fully saturated rings. The van der Waals surface area contributed by atoms with Crippen molar-refractivity contribution in [1.82, 2.24) is 0 Å². The maximum Gasteiger partial charge on any atom is 0.347 e. The largest absolute Gasteiger partial charge is 0.477 e. The zero-order chi connectivity index (χ0) is 15.8. The van der Waals surface area contributed by atoms with Crippen LogP contribution in [0.3, 0.4) is 0 Å². The third-order valence-electron chi connectivity index (χ3n) is 2.58. The van der Waals surface area contributed by atoms with E-state index in [2.05, 4.69) is 20.7 Å². The molecule has 112 valence electrons. The highest BCUT2D eigenvalue weighted by molar-refractivity contribution is 9.10. The predicted molar refractivity (Wildman–Crippen MR) is 80.9 cm³/mol. The molecule has 1 heterocycles. The minimum atomic E-state index is -4.21. The number of halogens is 2. The van der Waals surface area contributed by atoms with Crippen molar-refractivity contribution in [3.63, 3.8) is 0 Å². The van der Waals surface area contributed by atoms with Crippen LogP contribution in [0.15, 0.2) is 32.9 Å². The van der Waals surface area contributed by atoms with Crippen LogP contribution in [0.25, 0.3) is 0 Å². The maximum absolute atomic E-state index is 13.7. The molecule has 0 amide bonds. The Bertz CT molecular complexity index is 796. The molecule has 0 spiro atoms. The van der Waals surface area contributed by atoms with Gasteiger partial charge in [-0.2, -0.15) is 0 Å². The zero-order valence-electron chi connectivity index (χ0n) is 10.6. The average molecular weight is 394 g/mol. The number of para-hydroxylation sites is 1. The number of hydrogen-bond acceptors (Lipinski definition) is 4. The SMILES string of the molecule is Cc1csc(C(=O)O)c1S(=O)(=O)Nc1c(F)cccc1Br. The van der Waals surface area contributed by atoms with E-state index in [0.29, 0.717) is 0 Å². The highest BCUT2D eigenvalue weighted by Gasteiger charge is 2.28. The summed E-state index contributed by atoms with van der Waals surface area (Å²) in [5, 5.41) is 10.5. The van der Waals surface area contributed by atoms with Crippen LogP contribution in [0.5, 0.6) is 0 Å². The molecule has 0 aliphatic rings. The van der Waals surface area contributed by atoms with E-state index in [1.165, 1.54) is 24.4 Å². The van der Waals surface area contributed by atoms with Crippen molar-refractivity contribution in [3.05, 3.63) is 44.3 Å². The van der Waals surface area contributed by atoms with Gasteiger partial charge >= 0.3 is 5.97 Å². The number of aryl methyl sites for hydroxylation is 1. The molecule has 1 aromatic carbocycles. The molecule has 2 N–H and O–H groups in total. The molecule has 0 aliphatic carbocycles. The summed E-state index contributed by atoms with van der Waals surface area (Å²) in [5.74, 6) is -2.11. The van der Waals surface area contributed by atoms with Gasteiger partial charge in [0.25, 0.3) is 10.0 Å². The Hall–Kier alpha value is -1.45. The first-order valence-electron chi connectivity index (χ1n) is 5.52. The third kappa shape index (κ3) is 3.09. The van der Waals surface area contributed by atoms with Crippen molar-refractivity contribution >= 4 is 48.9 Å². The topological polar surface area (TPSA) is 83.5 Å². The molecule has 2 aromatic rings. The second-order valence-electron chi connectivity index (χ2n) is 4.08. The van der Waals surface area contributed by atoms with E-state index < -0.39 is 21.8 Å².